The summed E-state index contributed by atoms with van der Waals surface area (Å²) in [7, 11) is 1.61. The van der Waals surface area contributed by atoms with Crippen LogP contribution in [0.1, 0.15) is 12.8 Å². The number of carbonyl (C=O) groups excluding carboxylic acids is 2. The molecule has 1 aliphatic rings. The first-order valence-corrected chi connectivity index (χ1v) is 6.58. The van der Waals surface area contributed by atoms with Gasteiger partial charge in [0, 0.05) is 32.6 Å². The number of nitrogens with one attached hydrogen (secondary N) is 2. The summed E-state index contributed by atoms with van der Waals surface area (Å²) < 4.78 is 4.81. The number of hydrogen-bond acceptors (Lipinski definition) is 4. The predicted molar refractivity (Wildman–Crippen MR) is 70.2 cm³/mol. The van der Waals surface area contributed by atoms with Gasteiger partial charge in [0.1, 0.15) is 6.61 Å². The molecule has 1 saturated heterocycles. The van der Waals surface area contributed by atoms with Gasteiger partial charge in [0.2, 0.25) is 5.91 Å². The van der Waals surface area contributed by atoms with E-state index in [2.05, 4.69) is 10.6 Å². The van der Waals surface area contributed by atoms with Gasteiger partial charge in [-0.05, 0) is 12.8 Å². The Morgan fingerprint density at radius 1 is 1.30 bits per heavy atom. The lowest BCUT2D eigenvalue weighted by atomic mass is 9.96. The molecule has 0 aliphatic carbocycles. The van der Waals surface area contributed by atoms with Crippen LogP contribution >= 0.6 is 0 Å². The summed E-state index contributed by atoms with van der Waals surface area (Å²) >= 11 is 0. The number of piperidine rings is 1. The topological polar surface area (TPSA) is 108 Å². The van der Waals surface area contributed by atoms with Crippen molar-refractivity contribution in [3.63, 3.8) is 0 Å². The quantitative estimate of drug-likeness (QED) is 0.557. The molecule has 8 nitrogen and oxygen atoms in total. The number of hydrogen-bond donors (Lipinski definition) is 3. The van der Waals surface area contributed by atoms with Crippen LogP contribution in [0, 0.1) is 5.92 Å². The third-order valence-corrected chi connectivity index (χ3v) is 3.15. The van der Waals surface area contributed by atoms with Crippen LogP contribution in [0.5, 0.6) is 0 Å². The van der Waals surface area contributed by atoms with Gasteiger partial charge in [-0.25, -0.2) is 9.59 Å². The average molecular weight is 287 g/mol. The minimum Gasteiger partial charge on any atom is -0.480 e. The SMILES string of the molecule is CNC(=O)C1CCN(C(=O)NCCOCC(=O)O)CC1. The maximum Gasteiger partial charge on any atom is 0.329 e. The van der Waals surface area contributed by atoms with E-state index < -0.39 is 5.97 Å². The zero-order valence-electron chi connectivity index (χ0n) is 11.6. The number of carboxylic acids is 1. The number of likely N-dealkylation sites (tertiary alicyclic amines) is 1. The van der Waals surface area contributed by atoms with Gasteiger partial charge in [-0.15, -0.1) is 0 Å². The number of rotatable bonds is 6. The lowest BCUT2D eigenvalue weighted by molar-refractivity contribution is -0.142. The molecule has 0 saturated carbocycles. The van der Waals surface area contributed by atoms with Crippen molar-refractivity contribution in [1.82, 2.24) is 15.5 Å². The summed E-state index contributed by atoms with van der Waals surface area (Å²) in [6.45, 7) is 1.14. The van der Waals surface area contributed by atoms with Crippen LogP contribution in [0.4, 0.5) is 4.79 Å². The van der Waals surface area contributed by atoms with Gasteiger partial charge in [0.05, 0.1) is 6.61 Å². The van der Waals surface area contributed by atoms with Crippen LogP contribution < -0.4 is 10.6 Å². The molecule has 20 heavy (non-hydrogen) atoms. The van der Waals surface area contributed by atoms with Crippen molar-refractivity contribution in [3.05, 3.63) is 0 Å². The molecule has 0 aromatic carbocycles. The number of carbonyl (C=O) groups is 3. The number of urea groups is 1. The minimum atomic E-state index is -1.03. The first kappa shape index (κ1) is 16.2. The molecular formula is C12H21N3O5. The van der Waals surface area contributed by atoms with Crippen molar-refractivity contribution in [3.8, 4) is 0 Å². The Labute approximate surface area is 117 Å². The molecule has 3 N–H and O–H groups in total. The molecule has 1 fully saturated rings. The van der Waals surface area contributed by atoms with E-state index in [4.69, 9.17) is 9.84 Å². The lowest BCUT2D eigenvalue weighted by Gasteiger charge is -2.31. The fourth-order valence-electron chi connectivity index (χ4n) is 2.05. The summed E-state index contributed by atoms with van der Waals surface area (Å²) in [5.74, 6) is -1.04. The van der Waals surface area contributed by atoms with E-state index in [0.717, 1.165) is 0 Å². The summed E-state index contributed by atoms with van der Waals surface area (Å²) in [4.78, 5) is 35.1. The van der Waals surface area contributed by atoms with Crippen molar-refractivity contribution < 1.29 is 24.2 Å². The maximum absolute atomic E-state index is 11.8. The molecule has 0 atom stereocenters. The number of aliphatic carboxylic acids is 1. The highest BCUT2D eigenvalue weighted by Crippen LogP contribution is 2.16. The zero-order chi connectivity index (χ0) is 15.0. The van der Waals surface area contributed by atoms with Gasteiger partial charge >= 0.3 is 12.0 Å². The highest BCUT2D eigenvalue weighted by atomic mass is 16.5. The molecule has 0 radical (unpaired) electrons. The number of nitrogens with zero attached hydrogens (tertiary/aromatic N) is 1. The molecule has 0 bridgehead atoms. The van der Waals surface area contributed by atoms with Gasteiger partial charge in [0.25, 0.3) is 0 Å². The molecule has 0 aromatic rings. The van der Waals surface area contributed by atoms with Crippen LogP contribution in [-0.2, 0) is 14.3 Å². The Kier molecular flexibility index (Phi) is 6.78. The van der Waals surface area contributed by atoms with Crippen LogP contribution in [0.3, 0.4) is 0 Å². The van der Waals surface area contributed by atoms with Gasteiger partial charge in [-0.2, -0.15) is 0 Å². The maximum atomic E-state index is 11.8. The Balaban J connectivity index is 2.16. The summed E-state index contributed by atoms with van der Waals surface area (Å²) in [5.41, 5.74) is 0. The van der Waals surface area contributed by atoms with Crippen molar-refractivity contribution in [1.29, 1.82) is 0 Å². The summed E-state index contributed by atoms with van der Waals surface area (Å²) in [5, 5.41) is 13.6. The number of ether oxygens (including phenoxy) is 1. The molecule has 1 heterocycles. The molecule has 114 valence electrons. The normalized spacial score (nSPS) is 15.8. The minimum absolute atomic E-state index is 0.0205. The van der Waals surface area contributed by atoms with Gasteiger partial charge < -0.3 is 25.4 Å². The average Bonchev–Trinajstić information content (AvgIpc) is 2.45. The second-order valence-corrected chi connectivity index (χ2v) is 4.55. The third-order valence-electron chi connectivity index (χ3n) is 3.15. The van der Waals surface area contributed by atoms with Gasteiger partial charge in [0.15, 0.2) is 0 Å². The van der Waals surface area contributed by atoms with Crippen molar-refractivity contribution in [2.75, 3.05) is 39.9 Å². The molecule has 3 amide bonds. The lowest BCUT2D eigenvalue weighted by Crippen LogP contribution is -2.47. The molecule has 0 unspecified atom stereocenters. The smallest absolute Gasteiger partial charge is 0.329 e. The summed E-state index contributed by atoms with van der Waals surface area (Å²) in [6.07, 6.45) is 1.31. The van der Waals surface area contributed by atoms with Crippen LogP contribution in [-0.4, -0.2) is 67.8 Å². The first-order chi connectivity index (χ1) is 9.54. The first-order valence-electron chi connectivity index (χ1n) is 6.58. The highest BCUT2D eigenvalue weighted by Gasteiger charge is 2.26. The molecular weight excluding hydrogens is 266 g/mol. The third kappa shape index (κ3) is 5.43. The predicted octanol–water partition coefficient (Wildman–Crippen LogP) is -0.745. The molecule has 1 rings (SSSR count). The van der Waals surface area contributed by atoms with E-state index in [1.54, 1.807) is 11.9 Å². The van der Waals surface area contributed by atoms with E-state index in [0.29, 0.717) is 25.9 Å². The van der Waals surface area contributed by atoms with Gasteiger partial charge in [-0.3, -0.25) is 4.79 Å². The molecule has 1 aliphatic heterocycles. The standard InChI is InChI=1S/C12H21N3O5/c1-13-11(18)9-2-5-15(6-3-9)12(19)14-4-7-20-8-10(16)17/h9H,2-8H2,1H3,(H,13,18)(H,14,19)(H,16,17). The highest BCUT2D eigenvalue weighted by molar-refractivity contribution is 5.79. The van der Waals surface area contributed by atoms with Crippen LogP contribution in [0.15, 0.2) is 0 Å². The molecule has 0 aromatic heterocycles. The van der Waals surface area contributed by atoms with Crippen LogP contribution in [0.2, 0.25) is 0 Å². The molecule has 0 spiro atoms. The second kappa shape index (κ2) is 8.36. The largest absolute Gasteiger partial charge is 0.480 e. The Hall–Kier alpha value is -1.83. The van der Waals surface area contributed by atoms with Crippen molar-refractivity contribution >= 4 is 17.9 Å². The van der Waals surface area contributed by atoms with Crippen LogP contribution in [0.25, 0.3) is 0 Å². The van der Waals surface area contributed by atoms with Gasteiger partial charge in [-0.1, -0.05) is 0 Å². The van der Waals surface area contributed by atoms with E-state index in [-0.39, 0.29) is 37.6 Å². The summed E-state index contributed by atoms with van der Waals surface area (Å²) in [6, 6.07) is -0.209. The van der Waals surface area contributed by atoms with E-state index in [9.17, 15) is 14.4 Å². The fraction of sp³-hybridized carbons (Fsp3) is 0.750. The number of carboxylic acid groups (broad SMARTS) is 1. The second-order valence-electron chi connectivity index (χ2n) is 4.55. The molecule has 8 heteroatoms. The number of amides is 3. The Morgan fingerprint density at radius 2 is 1.95 bits per heavy atom. The fourth-order valence-corrected chi connectivity index (χ4v) is 2.05. The Morgan fingerprint density at radius 3 is 2.50 bits per heavy atom. The zero-order valence-corrected chi connectivity index (χ0v) is 11.6. The van der Waals surface area contributed by atoms with E-state index in [1.807, 2.05) is 0 Å². The Bertz CT molecular complexity index is 353. The van der Waals surface area contributed by atoms with Crippen molar-refractivity contribution in [2.24, 2.45) is 5.92 Å². The monoisotopic (exact) mass is 287 g/mol. The van der Waals surface area contributed by atoms with Crippen molar-refractivity contribution in [2.45, 2.75) is 12.8 Å². The van der Waals surface area contributed by atoms with E-state index >= 15 is 0 Å². The van der Waals surface area contributed by atoms with E-state index in [1.165, 1.54) is 0 Å².